The summed E-state index contributed by atoms with van der Waals surface area (Å²) in [5.41, 5.74) is 0. The standard InChI is InChI=1S/C21H34O4S/c1-3-4-9-13-21(24)14-12-17-16(18(22)15-19(17)26-21)10-7-5-6-8-11-20(23)25-2/h5,7,16-17,19,24H,3-4,6,8-15H2,1-2H3/b7-5-/t16?,17-,19-,21?/m1/s1. The average Bonchev–Trinajstić information content (AvgIpc) is 2.91. The summed E-state index contributed by atoms with van der Waals surface area (Å²) < 4.78 is 4.63. The van der Waals surface area contributed by atoms with Gasteiger partial charge in [0, 0.05) is 24.0 Å². The van der Waals surface area contributed by atoms with E-state index >= 15 is 0 Å². The second kappa shape index (κ2) is 10.5. The predicted molar refractivity (Wildman–Crippen MR) is 106 cm³/mol. The summed E-state index contributed by atoms with van der Waals surface area (Å²) in [4.78, 5) is 22.9. The van der Waals surface area contributed by atoms with E-state index in [0.29, 0.717) is 29.8 Å². The molecule has 1 aliphatic heterocycles. The summed E-state index contributed by atoms with van der Waals surface area (Å²) in [7, 11) is 1.41. The predicted octanol–water partition coefficient (Wildman–Crippen LogP) is 4.65. The molecule has 0 aromatic rings. The first-order chi connectivity index (χ1) is 12.5. The fourth-order valence-electron chi connectivity index (χ4n) is 4.22. The zero-order valence-electron chi connectivity index (χ0n) is 16.2. The molecule has 0 radical (unpaired) electrons. The highest BCUT2D eigenvalue weighted by molar-refractivity contribution is 8.01. The Morgan fingerprint density at radius 2 is 2.15 bits per heavy atom. The largest absolute Gasteiger partial charge is 0.469 e. The number of carbonyl (C=O) groups excluding carboxylic acids is 2. The third kappa shape index (κ3) is 6.12. The minimum absolute atomic E-state index is 0.115. The molecule has 1 N–H and O–H groups in total. The topological polar surface area (TPSA) is 63.6 Å². The Balaban J connectivity index is 1.77. The van der Waals surface area contributed by atoms with Gasteiger partial charge in [0.1, 0.15) is 10.7 Å². The van der Waals surface area contributed by atoms with Gasteiger partial charge in [-0.25, -0.2) is 0 Å². The van der Waals surface area contributed by atoms with Crippen LogP contribution >= 0.6 is 11.8 Å². The summed E-state index contributed by atoms with van der Waals surface area (Å²) in [6, 6.07) is 0. The molecule has 2 rings (SSSR count). The molecule has 1 saturated carbocycles. The number of methoxy groups -OCH3 is 1. The monoisotopic (exact) mass is 382 g/mol. The zero-order chi connectivity index (χ0) is 19.0. The Morgan fingerprint density at radius 1 is 1.35 bits per heavy atom. The Morgan fingerprint density at radius 3 is 2.88 bits per heavy atom. The number of esters is 1. The van der Waals surface area contributed by atoms with Crippen molar-refractivity contribution in [3.8, 4) is 0 Å². The van der Waals surface area contributed by atoms with Crippen molar-refractivity contribution >= 4 is 23.5 Å². The molecule has 1 aliphatic carbocycles. The van der Waals surface area contributed by atoms with Crippen LogP contribution in [0.1, 0.15) is 77.6 Å². The van der Waals surface area contributed by atoms with Crippen molar-refractivity contribution in [2.24, 2.45) is 11.8 Å². The molecule has 5 heteroatoms. The molecule has 4 nitrogen and oxygen atoms in total. The molecule has 0 aromatic heterocycles. The van der Waals surface area contributed by atoms with E-state index in [-0.39, 0.29) is 11.9 Å². The van der Waals surface area contributed by atoms with Crippen molar-refractivity contribution in [1.82, 2.24) is 0 Å². The summed E-state index contributed by atoms with van der Waals surface area (Å²) in [5, 5.41) is 11.1. The van der Waals surface area contributed by atoms with Crippen molar-refractivity contribution in [2.45, 2.75) is 87.7 Å². The van der Waals surface area contributed by atoms with Crippen LogP contribution in [0.5, 0.6) is 0 Å². The van der Waals surface area contributed by atoms with Crippen LogP contribution in [0.4, 0.5) is 0 Å². The normalized spacial score (nSPS) is 31.3. The second-order valence-electron chi connectivity index (χ2n) is 7.71. The Kier molecular flexibility index (Phi) is 8.68. The number of carbonyl (C=O) groups is 2. The van der Waals surface area contributed by atoms with E-state index in [1.165, 1.54) is 20.0 Å². The van der Waals surface area contributed by atoms with Gasteiger partial charge in [-0.2, -0.15) is 0 Å². The lowest BCUT2D eigenvalue weighted by Crippen LogP contribution is -2.36. The minimum atomic E-state index is -0.616. The van der Waals surface area contributed by atoms with Crippen LogP contribution in [0.15, 0.2) is 12.2 Å². The van der Waals surface area contributed by atoms with Crippen LogP contribution in [0, 0.1) is 11.8 Å². The van der Waals surface area contributed by atoms with Gasteiger partial charge >= 0.3 is 5.97 Å². The maximum atomic E-state index is 12.5. The maximum absolute atomic E-state index is 12.5. The van der Waals surface area contributed by atoms with Crippen molar-refractivity contribution in [1.29, 1.82) is 0 Å². The molecule has 2 fully saturated rings. The molecule has 0 spiro atoms. The van der Waals surface area contributed by atoms with Gasteiger partial charge in [0.15, 0.2) is 0 Å². The number of aliphatic hydroxyl groups is 1. The molecule has 1 saturated heterocycles. The lowest BCUT2D eigenvalue weighted by atomic mass is 9.86. The van der Waals surface area contributed by atoms with E-state index in [2.05, 4.69) is 23.8 Å². The van der Waals surface area contributed by atoms with Crippen LogP contribution < -0.4 is 0 Å². The highest BCUT2D eigenvalue weighted by Gasteiger charge is 2.49. The van der Waals surface area contributed by atoms with E-state index in [1.807, 2.05) is 0 Å². The highest BCUT2D eigenvalue weighted by Crippen LogP contribution is 2.52. The van der Waals surface area contributed by atoms with Gasteiger partial charge in [0.05, 0.1) is 7.11 Å². The molecule has 2 unspecified atom stereocenters. The van der Waals surface area contributed by atoms with E-state index < -0.39 is 4.93 Å². The number of fused-ring (bicyclic) bond motifs is 1. The zero-order valence-corrected chi connectivity index (χ0v) is 17.1. The third-order valence-corrected chi connectivity index (χ3v) is 7.42. The number of hydrogen-bond acceptors (Lipinski definition) is 5. The molecule has 26 heavy (non-hydrogen) atoms. The Hall–Kier alpha value is -0.810. The molecule has 2 aliphatic rings. The Bertz CT molecular complexity index is 504. The number of allylic oxidation sites excluding steroid dienone is 2. The summed E-state index contributed by atoms with van der Waals surface area (Å²) in [6.07, 6.45) is 13.7. The van der Waals surface area contributed by atoms with E-state index in [4.69, 9.17) is 0 Å². The van der Waals surface area contributed by atoms with Gasteiger partial charge in [-0.15, -0.1) is 11.8 Å². The van der Waals surface area contributed by atoms with Crippen molar-refractivity contribution in [3.05, 3.63) is 12.2 Å². The fourth-order valence-corrected chi connectivity index (χ4v) is 6.03. The number of hydrogen-bond donors (Lipinski definition) is 1. The molecule has 1 heterocycles. The van der Waals surface area contributed by atoms with Gasteiger partial charge < -0.3 is 9.84 Å². The van der Waals surface area contributed by atoms with Crippen molar-refractivity contribution < 1.29 is 19.4 Å². The number of ether oxygens (including phenoxy) is 1. The Labute approximate surface area is 162 Å². The molecule has 0 amide bonds. The number of unbranched alkanes of at least 4 members (excludes halogenated alkanes) is 3. The molecular formula is C21H34O4S. The first kappa shape index (κ1) is 21.5. The first-order valence-corrected chi connectivity index (χ1v) is 11.0. The SMILES string of the molecule is CCCCCC1(O)CC[C@@H]2C(C/C=C\CCCC(=O)OC)C(=O)C[C@H]2S1. The minimum Gasteiger partial charge on any atom is -0.469 e. The number of thioether (sulfide) groups is 1. The van der Waals surface area contributed by atoms with Gasteiger partial charge in [-0.05, 0) is 50.9 Å². The van der Waals surface area contributed by atoms with Gasteiger partial charge in [0.25, 0.3) is 0 Å². The van der Waals surface area contributed by atoms with Gasteiger partial charge in [0.2, 0.25) is 0 Å². The summed E-state index contributed by atoms with van der Waals surface area (Å²) in [6.45, 7) is 2.18. The third-order valence-electron chi connectivity index (χ3n) is 5.76. The van der Waals surface area contributed by atoms with Crippen molar-refractivity contribution in [2.75, 3.05) is 7.11 Å². The number of ketones is 1. The maximum Gasteiger partial charge on any atom is 0.305 e. The van der Waals surface area contributed by atoms with Crippen LogP contribution in [0.3, 0.4) is 0 Å². The molecule has 0 bridgehead atoms. The van der Waals surface area contributed by atoms with Gasteiger partial charge in [-0.1, -0.05) is 31.9 Å². The molecule has 0 aromatic carbocycles. The first-order valence-electron chi connectivity index (χ1n) is 10.1. The van der Waals surface area contributed by atoms with E-state index in [0.717, 1.165) is 44.9 Å². The molecular weight excluding hydrogens is 348 g/mol. The van der Waals surface area contributed by atoms with E-state index in [1.54, 1.807) is 11.8 Å². The molecule has 148 valence electrons. The lowest BCUT2D eigenvalue weighted by molar-refractivity contribution is -0.140. The smallest absolute Gasteiger partial charge is 0.305 e. The van der Waals surface area contributed by atoms with Gasteiger partial charge in [-0.3, -0.25) is 9.59 Å². The number of Topliss-reactive ketones (excluding diaryl/α,β-unsaturated/α-hetero) is 1. The molecule has 4 atom stereocenters. The van der Waals surface area contributed by atoms with Crippen LogP contribution in [-0.2, 0) is 14.3 Å². The lowest BCUT2D eigenvalue weighted by Gasteiger charge is -2.39. The number of rotatable bonds is 10. The van der Waals surface area contributed by atoms with Crippen LogP contribution in [0.25, 0.3) is 0 Å². The van der Waals surface area contributed by atoms with Crippen molar-refractivity contribution in [3.63, 3.8) is 0 Å². The second-order valence-corrected chi connectivity index (χ2v) is 9.32. The quantitative estimate of drug-likeness (QED) is 0.339. The summed E-state index contributed by atoms with van der Waals surface area (Å²) >= 11 is 1.67. The fraction of sp³-hybridized carbons (Fsp3) is 0.810. The highest BCUT2D eigenvalue weighted by atomic mass is 32.2. The average molecular weight is 383 g/mol. The van der Waals surface area contributed by atoms with E-state index in [9.17, 15) is 14.7 Å². The van der Waals surface area contributed by atoms with Crippen LogP contribution in [0.2, 0.25) is 0 Å². The summed E-state index contributed by atoms with van der Waals surface area (Å²) in [5.74, 6) is 0.727. The van der Waals surface area contributed by atoms with Crippen LogP contribution in [-0.4, -0.2) is 34.2 Å².